The molecule has 0 aliphatic carbocycles. The maximum absolute atomic E-state index is 12.9. The normalized spacial score (nSPS) is 16.8. The van der Waals surface area contributed by atoms with Crippen LogP contribution in [0.1, 0.15) is 70.1 Å². The number of methoxy groups -OCH3 is 1. The Bertz CT molecular complexity index is 1340. The topological polar surface area (TPSA) is 78.5 Å². The summed E-state index contributed by atoms with van der Waals surface area (Å²) in [6, 6.07) is 24.8. The Kier molecular flexibility index (Phi) is 12.5. The molecule has 3 aromatic carbocycles. The number of ether oxygens (including phenoxy) is 5. The van der Waals surface area contributed by atoms with Crippen LogP contribution in [0, 0.1) is 0 Å². The molecule has 0 spiro atoms. The van der Waals surface area contributed by atoms with Crippen molar-refractivity contribution in [2.45, 2.75) is 84.3 Å². The SMILES string of the molecule is COc1ccccc1COCCCOc1ccc(C2CCN(C(=O)OC(C)(C)C)CC2OCc2cccc(NC(C)C)c2)cc1. The van der Waals surface area contributed by atoms with E-state index in [0.717, 1.165) is 41.2 Å². The predicted octanol–water partition coefficient (Wildman–Crippen LogP) is 7.81. The van der Waals surface area contributed by atoms with E-state index in [1.165, 1.54) is 5.56 Å². The molecule has 8 heteroatoms. The van der Waals surface area contributed by atoms with Crippen LogP contribution in [0.4, 0.5) is 10.5 Å². The number of carbonyl (C=O) groups excluding carboxylic acids is 1. The molecule has 0 saturated carbocycles. The summed E-state index contributed by atoms with van der Waals surface area (Å²) in [5.74, 6) is 1.80. The van der Waals surface area contributed by atoms with E-state index in [9.17, 15) is 4.79 Å². The number of piperidine rings is 1. The molecule has 1 fully saturated rings. The fraction of sp³-hybridized carbons (Fsp3) is 0.486. The highest BCUT2D eigenvalue weighted by molar-refractivity contribution is 5.68. The lowest BCUT2D eigenvalue weighted by Crippen LogP contribution is -2.48. The largest absolute Gasteiger partial charge is 0.496 e. The highest BCUT2D eigenvalue weighted by atomic mass is 16.6. The van der Waals surface area contributed by atoms with Gasteiger partial charge in [0.2, 0.25) is 0 Å². The van der Waals surface area contributed by atoms with Gasteiger partial charge >= 0.3 is 6.09 Å². The van der Waals surface area contributed by atoms with Crippen LogP contribution in [0.15, 0.2) is 72.8 Å². The van der Waals surface area contributed by atoms with E-state index < -0.39 is 5.60 Å². The first-order chi connectivity index (χ1) is 21.6. The maximum atomic E-state index is 12.9. The van der Waals surface area contributed by atoms with Crippen molar-refractivity contribution in [1.29, 1.82) is 0 Å². The van der Waals surface area contributed by atoms with Gasteiger partial charge in [-0.15, -0.1) is 0 Å². The van der Waals surface area contributed by atoms with Gasteiger partial charge < -0.3 is 33.9 Å². The molecule has 2 unspecified atom stereocenters. The van der Waals surface area contributed by atoms with E-state index >= 15 is 0 Å². The Labute approximate surface area is 269 Å². The summed E-state index contributed by atoms with van der Waals surface area (Å²) in [7, 11) is 1.67. The lowest BCUT2D eigenvalue weighted by Gasteiger charge is -2.39. The molecule has 2 atom stereocenters. The number of carbonyl (C=O) groups is 1. The second kappa shape index (κ2) is 16.5. The third-order valence-electron chi connectivity index (χ3n) is 7.52. The minimum absolute atomic E-state index is 0.137. The second-order valence-electron chi connectivity index (χ2n) is 12.8. The predicted molar refractivity (Wildman–Crippen MR) is 178 cm³/mol. The number of likely N-dealkylation sites (tertiary alicyclic amines) is 1. The van der Waals surface area contributed by atoms with Gasteiger partial charge in [0.05, 0.1) is 46.2 Å². The summed E-state index contributed by atoms with van der Waals surface area (Å²) < 4.78 is 29.5. The highest BCUT2D eigenvalue weighted by Crippen LogP contribution is 2.33. The van der Waals surface area contributed by atoms with E-state index in [0.29, 0.717) is 45.6 Å². The van der Waals surface area contributed by atoms with Crippen molar-refractivity contribution in [3.63, 3.8) is 0 Å². The summed E-state index contributed by atoms with van der Waals surface area (Å²) in [5, 5.41) is 3.45. The molecule has 1 saturated heterocycles. The number of hydrogen-bond donors (Lipinski definition) is 1. The van der Waals surface area contributed by atoms with E-state index in [-0.39, 0.29) is 18.1 Å². The molecule has 0 radical (unpaired) electrons. The van der Waals surface area contributed by atoms with E-state index in [4.69, 9.17) is 23.7 Å². The van der Waals surface area contributed by atoms with Gasteiger partial charge in [-0.1, -0.05) is 42.5 Å². The molecule has 1 N–H and O–H groups in total. The van der Waals surface area contributed by atoms with Gasteiger partial charge in [-0.25, -0.2) is 4.79 Å². The fourth-order valence-electron chi connectivity index (χ4n) is 5.41. The zero-order chi connectivity index (χ0) is 32.2. The number of para-hydroxylation sites is 1. The van der Waals surface area contributed by atoms with Gasteiger partial charge in [0, 0.05) is 36.2 Å². The van der Waals surface area contributed by atoms with Gasteiger partial charge in [0.15, 0.2) is 0 Å². The van der Waals surface area contributed by atoms with Crippen LogP contribution in [-0.2, 0) is 27.4 Å². The van der Waals surface area contributed by atoms with Crippen LogP contribution in [-0.4, -0.2) is 62.2 Å². The molecular weight excluding hydrogens is 568 g/mol. The van der Waals surface area contributed by atoms with Crippen molar-refractivity contribution >= 4 is 11.8 Å². The van der Waals surface area contributed by atoms with E-state index in [1.54, 1.807) is 12.0 Å². The van der Waals surface area contributed by atoms with Crippen LogP contribution in [0.2, 0.25) is 0 Å². The first kappa shape index (κ1) is 34.1. The lowest BCUT2D eigenvalue weighted by atomic mass is 9.87. The molecule has 8 nitrogen and oxygen atoms in total. The second-order valence-corrected chi connectivity index (χ2v) is 12.8. The third-order valence-corrected chi connectivity index (χ3v) is 7.52. The molecule has 1 aliphatic heterocycles. The van der Waals surface area contributed by atoms with Crippen molar-refractivity contribution in [2.75, 3.05) is 38.7 Å². The quantitative estimate of drug-likeness (QED) is 0.185. The number of nitrogens with zero attached hydrogens (tertiary/aromatic N) is 1. The number of nitrogens with one attached hydrogen (secondary N) is 1. The molecule has 45 heavy (non-hydrogen) atoms. The average Bonchev–Trinajstić information content (AvgIpc) is 3.01. The van der Waals surface area contributed by atoms with Gasteiger partial charge in [0.1, 0.15) is 17.1 Å². The van der Waals surface area contributed by atoms with Gasteiger partial charge in [-0.05, 0) is 82.5 Å². The maximum Gasteiger partial charge on any atom is 0.410 e. The minimum Gasteiger partial charge on any atom is -0.496 e. The highest BCUT2D eigenvalue weighted by Gasteiger charge is 2.35. The van der Waals surface area contributed by atoms with Crippen LogP contribution >= 0.6 is 0 Å². The van der Waals surface area contributed by atoms with Crippen LogP contribution in [0.3, 0.4) is 0 Å². The van der Waals surface area contributed by atoms with Crippen molar-refractivity contribution in [3.05, 3.63) is 89.5 Å². The molecule has 0 aromatic heterocycles. The molecular formula is C37H50N2O6. The number of benzene rings is 3. The fourth-order valence-corrected chi connectivity index (χ4v) is 5.41. The zero-order valence-corrected chi connectivity index (χ0v) is 27.7. The third kappa shape index (κ3) is 11.0. The summed E-state index contributed by atoms with van der Waals surface area (Å²) in [6.45, 7) is 13.1. The van der Waals surface area contributed by atoms with Gasteiger partial charge in [-0.3, -0.25) is 0 Å². The van der Waals surface area contributed by atoms with Crippen LogP contribution in [0.5, 0.6) is 11.5 Å². The summed E-state index contributed by atoms with van der Waals surface area (Å²) >= 11 is 0. The number of rotatable bonds is 14. The molecule has 0 bridgehead atoms. The monoisotopic (exact) mass is 618 g/mol. The summed E-state index contributed by atoms with van der Waals surface area (Å²) in [4.78, 5) is 14.7. The van der Waals surface area contributed by atoms with Gasteiger partial charge in [-0.2, -0.15) is 0 Å². The summed E-state index contributed by atoms with van der Waals surface area (Å²) in [6.07, 6.45) is 1.08. The lowest BCUT2D eigenvalue weighted by molar-refractivity contribution is -0.0359. The Balaban J connectivity index is 1.33. The standard InChI is InChI=1S/C37H50N2O6/c1-27(2)38-31-13-9-11-28(23-31)25-44-35-24-39(36(40)45-37(3,4)5)20-19-33(35)29-15-17-32(18-16-29)43-22-10-21-42-26-30-12-7-8-14-34(30)41-6/h7-9,11-18,23,27,33,35,38H,10,19-22,24-26H2,1-6H3. The zero-order valence-electron chi connectivity index (χ0n) is 27.7. The van der Waals surface area contributed by atoms with Crippen molar-refractivity contribution < 1.29 is 28.5 Å². The Morgan fingerprint density at radius 2 is 1.76 bits per heavy atom. The number of amides is 1. The first-order valence-electron chi connectivity index (χ1n) is 16.0. The Morgan fingerprint density at radius 3 is 2.49 bits per heavy atom. The van der Waals surface area contributed by atoms with Crippen LogP contribution < -0.4 is 14.8 Å². The van der Waals surface area contributed by atoms with E-state index in [1.807, 2.05) is 63.2 Å². The molecule has 4 rings (SSSR count). The van der Waals surface area contributed by atoms with Crippen molar-refractivity contribution in [1.82, 2.24) is 4.90 Å². The minimum atomic E-state index is -0.550. The van der Waals surface area contributed by atoms with Crippen molar-refractivity contribution in [2.24, 2.45) is 0 Å². The number of hydrogen-bond acceptors (Lipinski definition) is 7. The molecule has 1 amide bonds. The van der Waals surface area contributed by atoms with Crippen molar-refractivity contribution in [3.8, 4) is 11.5 Å². The van der Waals surface area contributed by atoms with Crippen LogP contribution in [0.25, 0.3) is 0 Å². The molecule has 3 aromatic rings. The number of anilines is 1. The first-order valence-corrected chi connectivity index (χ1v) is 16.0. The molecule has 1 aliphatic rings. The Morgan fingerprint density at radius 1 is 0.978 bits per heavy atom. The smallest absolute Gasteiger partial charge is 0.410 e. The summed E-state index contributed by atoms with van der Waals surface area (Å²) in [5.41, 5.74) is 3.81. The Hall–Kier alpha value is -3.75. The van der Waals surface area contributed by atoms with Gasteiger partial charge in [0.25, 0.3) is 0 Å². The molecule has 1 heterocycles. The van der Waals surface area contributed by atoms with E-state index in [2.05, 4.69) is 49.5 Å². The average molecular weight is 619 g/mol. The molecule has 244 valence electrons.